The van der Waals surface area contributed by atoms with Gasteiger partial charge in [-0.1, -0.05) is 23.7 Å². The normalized spacial score (nSPS) is 10.7. The summed E-state index contributed by atoms with van der Waals surface area (Å²) in [7, 11) is 0. The minimum absolute atomic E-state index is 0.236. The zero-order valence-electron chi connectivity index (χ0n) is 15.2. The van der Waals surface area contributed by atoms with Crippen molar-refractivity contribution in [2.45, 2.75) is 6.92 Å². The number of halogens is 1. The lowest BCUT2D eigenvalue weighted by Crippen LogP contribution is -2.27. The van der Waals surface area contributed by atoms with Crippen LogP contribution in [-0.4, -0.2) is 35.9 Å². The average Bonchev–Trinajstić information content (AvgIpc) is 3.24. The van der Waals surface area contributed by atoms with Gasteiger partial charge in [-0.15, -0.1) is 5.10 Å². The third-order valence-electron chi connectivity index (χ3n) is 4.14. The monoisotopic (exact) mass is 407 g/mol. The lowest BCUT2D eigenvalue weighted by molar-refractivity contribution is 0.101. The number of nitrogens with one attached hydrogen (secondary N) is 1. The first-order chi connectivity index (χ1) is 14.0. The van der Waals surface area contributed by atoms with Crippen LogP contribution in [0.1, 0.15) is 16.2 Å². The van der Waals surface area contributed by atoms with Gasteiger partial charge in [-0.25, -0.2) is 9.36 Å². The van der Waals surface area contributed by atoms with E-state index >= 15 is 0 Å². The fraction of sp³-hybridized carbons (Fsp3) is 0.0526. The van der Waals surface area contributed by atoms with Gasteiger partial charge in [-0.3, -0.25) is 9.59 Å². The van der Waals surface area contributed by atoms with Crippen LogP contribution < -0.4 is 10.7 Å². The third kappa shape index (κ3) is 3.76. The molecule has 9 nitrogen and oxygen atoms in total. The van der Waals surface area contributed by atoms with Crippen LogP contribution >= 0.6 is 11.6 Å². The van der Waals surface area contributed by atoms with Crippen molar-refractivity contribution in [2.75, 3.05) is 5.32 Å². The van der Waals surface area contributed by atoms with Gasteiger partial charge in [0.15, 0.2) is 5.69 Å². The van der Waals surface area contributed by atoms with Gasteiger partial charge >= 0.3 is 0 Å². The first-order valence-corrected chi connectivity index (χ1v) is 8.91. The third-order valence-corrected chi connectivity index (χ3v) is 4.46. The van der Waals surface area contributed by atoms with Crippen LogP contribution in [0.5, 0.6) is 0 Å². The zero-order valence-corrected chi connectivity index (χ0v) is 15.9. The van der Waals surface area contributed by atoms with Gasteiger partial charge in [0.1, 0.15) is 6.33 Å². The summed E-state index contributed by atoms with van der Waals surface area (Å²) < 4.78 is 2.95. The summed E-state index contributed by atoms with van der Waals surface area (Å²) in [6.45, 7) is 1.72. The lowest BCUT2D eigenvalue weighted by Gasteiger charge is -2.12. The van der Waals surface area contributed by atoms with Gasteiger partial charge in [-0.05, 0) is 53.7 Å². The second kappa shape index (κ2) is 7.64. The van der Waals surface area contributed by atoms with E-state index < -0.39 is 11.3 Å². The minimum Gasteiger partial charge on any atom is -0.320 e. The molecule has 0 saturated carbocycles. The number of amides is 1. The lowest BCUT2D eigenvalue weighted by atomic mass is 10.2. The molecule has 0 spiro atoms. The number of aromatic nitrogens is 6. The Morgan fingerprint density at radius 1 is 1.10 bits per heavy atom. The van der Waals surface area contributed by atoms with Crippen molar-refractivity contribution in [3.63, 3.8) is 0 Å². The molecule has 4 aromatic rings. The van der Waals surface area contributed by atoms with Crippen LogP contribution in [0.3, 0.4) is 0 Å². The number of rotatable bonds is 4. The molecule has 4 rings (SSSR count). The fourth-order valence-corrected chi connectivity index (χ4v) is 2.96. The number of anilines is 1. The molecule has 2 aromatic heterocycles. The second-order valence-corrected chi connectivity index (χ2v) is 6.52. The Hall–Kier alpha value is -3.85. The van der Waals surface area contributed by atoms with Crippen LogP contribution in [0.15, 0.2) is 65.7 Å². The molecular formula is C19H14ClN7O2. The number of para-hydroxylation sites is 1. The van der Waals surface area contributed by atoms with Crippen molar-refractivity contribution in [2.24, 2.45) is 0 Å². The molecule has 0 aliphatic rings. The Balaban J connectivity index is 1.63. The molecule has 0 saturated heterocycles. The van der Waals surface area contributed by atoms with Gasteiger partial charge < -0.3 is 5.32 Å². The summed E-state index contributed by atoms with van der Waals surface area (Å²) in [5.74, 6) is -0.619. The first kappa shape index (κ1) is 18.5. The van der Waals surface area contributed by atoms with E-state index in [2.05, 4.69) is 25.9 Å². The molecule has 144 valence electrons. The summed E-state index contributed by atoms with van der Waals surface area (Å²) in [4.78, 5) is 25.0. The Morgan fingerprint density at radius 2 is 1.86 bits per heavy atom. The molecule has 0 bridgehead atoms. The molecule has 10 heteroatoms. The van der Waals surface area contributed by atoms with Crippen LogP contribution in [0.2, 0.25) is 5.02 Å². The van der Waals surface area contributed by atoms with Crippen LogP contribution in [0.4, 0.5) is 5.69 Å². The predicted molar refractivity (Wildman–Crippen MR) is 107 cm³/mol. The smallest absolute Gasteiger partial charge is 0.280 e. The number of aryl methyl sites for hydroxylation is 1. The number of nitrogens with zero attached hydrogens (tertiary/aromatic N) is 6. The van der Waals surface area contributed by atoms with Gasteiger partial charge in [-0.2, -0.15) is 5.10 Å². The number of carbonyl (C=O) groups is 1. The van der Waals surface area contributed by atoms with Crippen LogP contribution in [0.25, 0.3) is 11.4 Å². The first-order valence-electron chi connectivity index (χ1n) is 8.53. The topological polar surface area (TPSA) is 108 Å². The van der Waals surface area contributed by atoms with Crippen molar-refractivity contribution in [3.05, 3.63) is 87.6 Å². The largest absolute Gasteiger partial charge is 0.320 e. The predicted octanol–water partition coefficient (Wildman–Crippen LogP) is 2.42. The molecular weight excluding hydrogens is 394 g/mol. The maximum Gasteiger partial charge on any atom is 0.280 e. The maximum atomic E-state index is 12.7. The van der Waals surface area contributed by atoms with E-state index in [0.29, 0.717) is 22.1 Å². The molecule has 0 aliphatic carbocycles. The van der Waals surface area contributed by atoms with Crippen molar-refractivity contribution >= 4 is 23.2 Å². The van der Waals surface area contributed by atoms with Gasteiger partial charge in [0.05, 0.1) is 16.4 Å². The highest BCUT2D eigenvalue weighted by atomic mass is 35.5. The molecule has 0 atom stereocenters. The Morgan fingerprint density at radius 3 is 2.55 bits per heavy atom. The number of benzene rings is 2. The number of tetrazole rings is 1. The molecule has 2 aromatic carbocycles. The van der Waals surface area contributed by atoms with E-state index in [4.69, 9.17) is 11.6 Å². The number of carbonyl (C=O) groups excluding carboxylic acids is 1. The molecule has 0 radical (unpaired) electrons. The standard InChI is InChI=1S/C19H14ClN7O2/c1-12-10-17(28)18(23-27(12)16-5-3-2-4-15(16)20)19(29)22-13-6-8-14(9-7-13)26-11-21-24-25-26/h2-11H,1H3,(H,22,29). The van der Waals surface area contributed by atoms with Crippen LogP contribution in [0, 0.1) is 6.92 Å². The average molecular weight is 408 g/mol. The second-order valence-electron chi connectivity index (χ2n) is 6.12. The highest BCUT2D eigenvalue weighted by Gasteiger charge is 2.16. The minimum atomic E-state index is -0.619. The van der Waals surface area contributed by atoms with Crippen LogP contribution in [-0.2, 0) is 0 Å². The van der Waals surface area contributed by atoms with E-state index in [1.807, 2.05) is 0 Å². The van der Waals surface area contributed by atoms with Gasteiger partial charge in [0, 0.05) is 17.4 Å². The Bertz CT molecular complexity index is 1230. The number of hydrogen-bond donors (Lipinski definition) is 1. The summed E-state index contributed by atoms with van der Waals surface area (Å²) >= 11 is 6.23. The Kier molecular flexibility index (Phi) is 4.88. The fourth-order valence-electron chi connectivity index (χ4n) is 2.74. The highest BCUT2D eigenvalue weighted by molar-refractivity contribution is 6.32. The maximum absolute atomic E-state index is 12.7. The molecule has 29 heavy (non-hydrogen) atoms. The Labute approximate surface area is 169 Å². The zero-order chi connectivity index (χ0) is 20.4. The highest BCUT2D eigenvalue weighted by Crippen LogP contribution is 2.20. The summed E-state index contributed by atoms with van der Waals surface area (Å²) in [6, 6.07) is 15.2. The number of hydrogen-bond acceptors (Lipinski definition) is 6. The van der Waals surface area contributed by atoms with E-state index in [1.165, 1.54) is 21.8 Å². The van der Waals surface area contributed by atoms with E-state index in [9.17, 15) is 9.59 Å². The molecule has 0 fully saturated rings. The van der Waals surface area contributed by atoms with Gasteiger partial charge in [0.2, 0.25) is 5.43 Å². The molecule has 1 N–H and O–H groups in total. The van der Waals surface area contributed by atoms with E-state index in [1.54, 1.807) is 55.5 Å². The summed E-state index contributed by atoms with van der Waals surface area (Å²) in [6.07, 6.45) is 1.46. The van der Waals surface area contributed by atoms with Crippen molar-refractivity contribution in [1.29, 1.82) is 0 Å². The van der Waals surface area contributed by atoms with E-state index in [-0.39, 0.29) is 5.69 Å². The molecule has 0 aliphatic heterocycles. The van der Waals surface area contributed by atoms with Crippen molar-refractivity contribution in [1.82, 2.24) is 30.0 Å². The van der Waals surface area contributed by atoms with E-state index in [0.717, 1.165) is 5.69 Å². The van der Waals surface area contributed by atoms with Crippen molar-refractivity contribution in [3.8, 4) is 11.4 Å². The van der Waals surface area contributed by atoms with Gasteiger partial charge in [0.25, 0.3) is 5.91 Å². The molecule has 2 heterocycles. The molecule has 1 amide bonds. The quantitative estimate of drug-likeness (QED) is 0.556. The summed E-state index contributed by atoms with van der Waals surface area (Å²) in [5, 5.41) is 18.3. The SMILES string of the molecule is Cc1cc(=O)c(C(=O)Nc2ccc(-n3cnnn3)cc2)nn1-c1ccccc1Cl. The summed E-state index contributed by atoms with van der Waals surface area (Å²) in [5.41, 5.74) is 1.64. The van der Waals surface area contributed by atoms with Crippen molar-refractivity contribution < 1.29 is 4.79 Å². The molecule has 0 unspecified atom stereocenters.